The van der Waals surface area contributed by atoms with E-state index in [4.69, 9.17) is 16.3 Å². The van der Waals surface area contributed by atoms with E-state index in [9.17, 15) is 4.39 Å². The highest BCUT2D eigenvalue weighted by Crippen LogP contribution is 2.34. The SMILES string of the molecule is Fc1ccc(Cl)c(CNC2CC3CCC2O3)c1. The van der Waals surface area contributed by atoms with E-state index >= 15 is 0 Å². The topological polar surface area (TPSA) is 21.3 Å². The molecule has 1 N–H and O–H groups in total. The second kappa shape index (κ2) is 4.56. The van der Waals surface area contributed by atoms with Crippen LogP contribution in [0.5, 0.6) is 0 Å². The first-order valence-electron chi connectivity index (χ1n) is 6.05. The molecule has 3 rings (SSSR count). The summed E-state index contributed by atoms with van der Waals surface area (Å²) in [6, 6.07) is 4.87. The van der Waals surface area contributed by atoms with E-state index in [2.05, 4.69) is 5.32 Å². The average Bonchev–Trinajstić information content (AvgIpc) is 2.92. The number of rotatable bonds is 3. The Morgan fingerprint density at radius 1 is 1.41 bits per heavy atom. The Hall–Kier alpha value is -0.640. The summed E-state index contributed by atoms with van der Waals surface area (Å²) in [4.78, 5) is 0. The summed E-state index contributed by atoms with van der Waals surface area (Å²) < 4.78 is 18.8. The fourth-order valence-electron chi connectivity index (χ4n) is 2.77. The normalized spacial score (nSPS) is 31.1. The number of halogens is 2. The third-order valence-corrected chi connectivity index (χ3v) is 4.04. The van der Waals surface area contributed by atoms with E-state index in [1.54, 1.807) is 6.07 Å². The van der Waals surface area contributed by atoms with Gasteiger partial charge >= 0.3 is 0 Å². The predicted octanol–water partition coefficient (Wildman–Crippen LogP) is 2.89. The Balaban J connectivity index is 1.62. The Labute approximate surface area is 105 Å². The predicted molar refractivity (Wildman–Crippen MR) is 64.5 cm³/mol. The molecule has 4 heteroatoms. The minimum absolute atomic E-state index is 0.240. The highest BCUT2D eigenvalue weighted by atomic mass is 35.5. The van der Waals surface area contributed by atoms with E-state index in [-0.39, 0.29) is 5.82 Å². The van der Waals surface area contributed by atoms with E-state index in [0.717, 1.165) is 18.4 Å². The molecule has 0 radical (unpaired) electrons. The van der Waals surface area contributed by atoms with Gasteiger partial charge in [-0.05, 0) is 43.0 Å². The van der Waals surface area contributed by atoms with E-state index in [1.807, 2.05) is 0 Å². The van der Waals surface area contributed by atoms with Crippen molar-refractivity contribution in [1.82, 2.24) is 5.32 Å². The van der Waals surface area contributed by atoms with Gasteiger partial charge in [-0.2, -0.15) is 0 Å². The zero-order valence-corrected chi connectivity index (χ0v) is 10.2. The lowest BCUT2D eigenvalue weighted by atomic mass is 9.95. The van der Waals surface area contributed by atoms with Crippen molar-refractivity contribution in [3.05, 3.63) is 34.6 Å². The van der Waals surface area contributed by atoms with Gasteiger partial charge in [0.15, 0.2) is 0 Å². The quantitative estimate of drug-likeness (QED) is 0.897. The number of ether oxygens (including phenoxy) is 1. The van der Waals surface area contributed by atoms with Crippen LogP contribution in [0.1, 0.15) is 24.8 Å². The Kier molecular flexibility index (Phi) is 3.07. The van der Waals surface area contributed by atoms with Crippen LogP contribution in [0.2, 0.25) is 5.02 Å². The zero-order valence-electron chi connectivity index (χ0n) is 9.46. The van der Waals surface area contributed by atoms with Crippen molar-refractivity contribution >= 4 is 11.6 Å². The van der Waals surface area contributed by atoms with Gasteiger partial charge in [0.05, 0.1) is 12.2 Å². The summed E-state index contributed by atoms with van der Waals surface area (Å²) in [5.41, 5.74) is 0.814. The lowest BCUT2D eigenvalue weighted by Crippen LogP contribution is -2.37. The van der Waals surface area contributed by atoms with Crippen molar-refractivity contribution in [2.75, 3.05) is 0 Å². The van der Waals surface area contributed by atoms with E-state index in [0.29, 0.717) is 29.8 Å². The highest BCUT2D eigenvalue weighted by Gasteiger charge is 2.40. The Morgan fingerprint density at radius 2 is 2.29 bits per heavy atom. The lowest BCUT2D eigenvalue weighted by molar-refractivity contribution is 0.0973. The molecule has 2 fully saturated rings. The van der Waals surface area contributed by atoms with Crippen molar-refractivity contribution in [2.24, 2.45) is 0 Å². The number of hydrogen-bond acceptors (Lipinski definition) is 2. The maximum absolute atomic E-state index is 13.1. The molecule has 2 saturated heterocycles. The van der Waals surface area contributed by atoms with Crippen LogP contribution in [0.3, 0.4) is 0 Å². The van der Waals surface area contributed by atoms with Crippen molar-refractivity contribution in [3.63, 3.8) is 0 Å². The Bertz CT molecular complexity index is 426. The molecule has 1 aromatic carbocycles. The molecule has 2 bridgehead atoms. The summed E-state index contributed by atoms with van der Waals surface area (Å²) in [6.07, 6.45) is 4.16. The molecule has 0 amide bonds. The third-order valence-electron chi connectivity index (χ3n) is 3.67. The molecule has 2 nitrogen and oxygen atoms in total. The smallest absolute Gasteiger partial charge is 0.123 e. The van der Waals surface area contributed by atoms with Crippen LogP contribution < -0.4 is 5.32 Å². The second-order valence-electron chi connectivity index (χ2n) is 4.83. The molecule has 0 spiro atoms. The summed E-state index contributed by atoms with van der Waals surface area (Å²) in [7, 11) is 0. The standard InChI is InChI=1S/C13H15ClFNO/c14-11-3-1-9(15)5-8(11)7-16-12-6-10-2-4-13(12)17-10/h1,3,5,10,12-13,16H,2,4,6-7H2. The van der Waals surface area contributed by atoms with Gasteiger partial charge in [0.2, 0.25) is 0 Å². The molecular formula is C13H15ClFNO. The van der Waals surface area contributed by atoms with Gasteiger partial charge in [0.1, 0.15) is 5.82 Å². The van der Waals surface area contributed by atoms with Gasteiger partial charge in [-0.3, -0.25) is 0 Å². The van der Waals surface area contributed by atoms with Crippen molar-refractivity contribution in [3.8, 4) is 0 Å². The van der Waals surface area contributed by atoms with E-state index < -0.39 is 0 Å². The monoisotopic (exact) mass is 255 g/mol. The number of fused-ring (bicyclic) bond motifs is 2. The number of hydrogen-bond donors (Lipinski definition) is 1. The first-order valence-corrected chi connectivity index (χ1v) is 6.43. The summed E-state index contributed by atoms with van der Waals surface area (Å²) in [5, 5.41) is 4.04. The molecule has 0 saturated carbocycles. The molecule has 1 aromatic rings. The lowest BCUT2D eigenvalue weighted by Gasteiger charge is -2.20. The van der Waals surface area contributed by atoms with Crippen LogP contribution in [-0.2, 0) is 11.3 Å². The van der Waals surface area contributed by atoms with Crippen molar-refractivity contribution < 1.29 is 9.13 Å². The van der Waals surface area contributed by atoms with Crippen molar-refractivity contribution in [2.45, 2.75) is 44.1 Å². The number of nitrogens with one attached hydrogen (secondary N) is 1. The minimum Gasteiger partial charge on any atom is -0.373 e. The maximum Gasteiger partial charge on any atom is 0.123 e. The molecule has 17 heavy (non-hydrogen) atoms. The van der Waals surface area contributed by atoms with Gasteiger partial charge in [0, 0.05) is 17.6 Å². The first kappa shape index (κ1) is 11.5. The van der Waals surface area contributed by atoms with Gasteiger partial charge < -0.3 is 10.1 Å². The molecule has 92 valence electrons. The minimum atomic E-state index is -0.240. The molecular weight excluding hydrogens is 241 g/mol. The van der Waals surface area contributed by atoms with Crippen LogP contribution in [0, 0.1) is 5.82 Å². The van der Waals surface area contributed by atoms with Crippen LogP contribution >= 0.6 is 11.6 Å². The average molecular weight is 256 g/mol. The summed E-state index contributed by atoms with van der Waals surface area (Å²) >= 11 is 6.02. The zero-order chi connectivity index (χ0) is 11.8. The molecule has 2 heterocycles. The van der Waals surface area contributed by atoms with Crippen LogP contribution in [0.15, 0.2) is 18.2 Å². The molecule has 2 aliphatic rings. The van der Waals surface area contributed by atoms with Gasteiger partial charge in [-0.1, -0.05) is 11.6 Å². The highest BCUT2D eigenvalue weighted by molar-refractivity contribution is 6.31. The fraction of sp³-hybridized carbons (Fsp3) is 0.538. The number of benzene rings is 1. The Morgan fingerprint density at radius 3 is 3.00 bits per heavy atom. The van der Waals surface area contributed by atoms with Gasteiger partial charge in [-0.15, -0.1) is 0 Å². The molecule has 3 atom stereocenters. The van der Waals surface area contributed by atoms with Gasteiger partial charge in [-0.25, -0.2) is 4.39 Å². The molecule has 3 unspecified atom stereocenters. The van der Waals surface area contributed by atoms with E-state index in [1.165, 1.54) is 18.6 Å². The maximum atomic E-state index is 13.1. The van der Waals surface area contributed by atoms with Crippen LogP contribution in [-0.4, -0.2) is 18.2 Å². The first-order chi connectivity index (χ1) is 8.22. The second-order valence-corrected chi connectivity index (χ2v) is 5.24. The molecule has 0 aromatic heterocycles. The van der Waals surface area contributed by atoms with Gasteiger partial charge in [0.25, 0.3) is 0 Å². The molecule has 0 aliphatic carbocycles. The summed E-state index contributed by atoms with van der Waals surface area (Å²) in [5.74, 6) is -0.240. The van der Waals surface area contributed by atoms with Crippen LogP contribution in [0.25, 0.3) is 0 Å². The summed E-state index contributed by atoms with van der Waals surface area (Å²) in [6.45, 7) is 0.605. The third kappa shape index (κ3) is 2.32. The fourth-order valence-corrected chi connectivity index (χ4v) is 2.96. The van der Waals surface area contributed by atoms with Crippen LogP contribution in [0.4, 0.5) is 4.39 Å². The van der Waals surface area contributed by atoms with Crippen molar-refractivity contribution in [1.29, 1.82) is 0 Å². The largest absolute Gasteiger partial charge is 0.373 e. The molecule has 2 aliphatic heterocycles.